The number of likely N-dealkylation sites (N-methyl/N-ethyl adjacent to an activating group) is 1. The normalized spacial score (nSPS) is 10.5. The molecule has 0 atom stereocenters. The molecule has 0 radical (unpaired) electrons. The number of aromatic nitrogens is 6. The Labute approximate surface area is 113 Å². The highest BCUT2D eigenvalue weighted by atomic mass is 16.4. The van der Waals surface area contributed by atoms with Crippen molar-refractivity contribution < 1.29 is 14.7 Å². The molecule has 10 heteroatoms. The zero-order valence-corrected chi connectivity index (χ0v) is 10.9. The van der Waals surface area contributed by atoms with Crippen molar-refractivity contribution in [2.45, 2.75) is 20.0 Å². The van der Waals surface area contributed by atoms with Crippen LogP contribution in [0.5, 0.6) is 0 Å². The number of carbonyl (C=O) groups is 2. The van der Waals surface area contributed by atoms with Crippen LogP contribution in [0.2, 0.25) is 0 Å². The van der Waals surface area contributed by atoms with Crippen LogP contribution in [-0.4, -0.2) is 59.1 Å². The maximum atomic E-state index is 11.9. The minimum absolute atomic E-state index is 0.0970. The van der Waals surface area contributed by atoms with Crippen LogP contribution in [0.15, 0.2) is 6.20 Å². The summed E-state index contributed by atoms with van der Waals surface area (Å²) < 4.78 is 1.17. The van der Waals surface area contributed by atoms with Gasteiger partial charge in [0.2, 0.25) is 5.91 Å². The Balaban J connectivity index is 1.94. The van der Waals surface area contributed by atoms with Crippen molar-refractivity contribution >= 4 is 11.9 Å². The molecule has 0 spiro atoms. The first-order valence-electron chi connectivity index (χ1n) is 5.71. The average molecular weight is 279 g/mol. The first-order chi connectivity index (χ1) is 9.45. The van der Waals surface area contributed by atoms with Crippen molar-refractivity contribution in [2.75, 3.05) is 7.05 Å². The number of hydrogen-bond donors (Lipinski definition) is 2. The second-order valence-corrected chi connectivity index (χ2v) is 4.19. The maximum Gasteiger partial charge on any atom is 0.358 e. The molecule has 0 saturated heterocycles. The lowest BCUT2D eigenvalue weighted by atomic mass is 10.4. The molecule has 0 fully saturated rings. The molecule has 0 bridgehead atoms. The van der Waals surface area contributed by atoms with E-state index in [2.05, 4.69) is 25.5 Å². The number of aromatic amines is 1. The van der Waals surface area contributed by atoms with E-state index >= 15 is 0 Å². The minimum atomic E-state index is -1.19. The smallest absolute Gasteiger partial charge is 0.358 e. The first kappa shape index (κ1) is 13.6. The van der Waals surface area contributed by atoms with Gasteiger partial charge in [-0.2, -0.15) is 5.10 Å². The molecule has 2 heterocycles. The summed E-state index contributed by atoms with van der Waals surface area (Å²) in [6, 6.07) is 0. The molecule has 106 valence electrons. The fourth-order valence-corrected chi connectivity index (χ4v) is 1.49. The van der Waals surface area contributed by atoms with Crippen LogP contribution in [0.25, 0.3) is 0 Å². The Morgan fingerprint density at radius 1 is 1.50 bits per heavy atom. The van der Waals surface area contributed by atoms with Gasteiger partial charge in [0.05, 0.1) is 12.7 Å². The lowest BCUT2D eigenvalue weighted by Crippen LogP contribution is -2.30. The summed E-state index contributed by atoms with van der Waals surface area (Å²) in [5.41, 5.74) is -0.204. The van der Waals surface area contributed by atoms with Gasteiger partial charge in [-0.15, -0.1) is 5.10 Å². The van der Waals surface area contributed by atoms with Gasteiger partial charge in [0.25, 0.3) is 0 Å². The van der Waals surface area contributed by atoms with E-state index in [4.69, 9.17) is 5.11 Å². The van der Waals surface area contributed by atoms with Gasteiger partial charge in [0.1, 0.15) is 12.4 Å². The Morgan fingerprint density at radius 2 is 2.25 bits per heavy atom. The highest BCUT2D eigenvalue weighted by molar-refractivity contribution is 5.84. The zero-order chi connectivity index (χ0) is 14.7. The molecule has 2 N–H and O–H groups in total. The fraction of sp³-hybridized carbons (Fsp3) is 0.400. The van der Waals surface area contributed by atoms with E-state index < -0.39 is 5.97 Å². The van der Waals surface area contributed by atoms with Gasteiger partial charge in [0, 0.05) is 7.05 Å². The topological polar surface area (TPSA) is 130 Å². The molecule has 0 aliphatic heterocycles. The van der Waals surface area contributed by atoms with Crippen LogP contribution in [0.1, 0.15) is 22.1 Å². The summed E-state index contributed by atoms with van der Waals surface area (Å²) in [6.07, 6.45) is 1.20. The van der Waals surface area contributed by atoms with E-state index in [1.54, 1.807) is 14.0 Å². The zero-order valence-electron chi connectivity index (χ0n) is 10.9. The van der Waals surface area contributed by atoms with Crippen LogP contribution in [0.4, 0.5) is 0 Å². The molecular weight excluding hydrogens is 266 g/mol. The number of carboxylic acids is 1. The monoisotopic (exact) mass is 279 g/mol. The summed E-state index contributed by atoms with van der Waals surface area (Å²) in [5.74, 6) is -0.270. The van der Waals surface area contributed by atoms with Gasteiger partial charge in [-0.05, 0) is 6.92 Å². The Kier molecular flexibility index (Phi) is 3.73. The van der Waals surface area contributed by atoms with Crippen LogP contribution < -0.4 is 0 Å². The molecule has 0 aliphatic carbocycles. The molecule has 20 heavy (non-hydrogen) atoms. The molecule has 2 aromatic rings. The lowest BCUT2D eigenvalue weighted by Gasteiger charge is -2.14. The molecule has 2 aromatic heterocycles. The van der Waals surface area contributed by atoms with Crippen molar-refractivity contribution in [3.8, 4) is 0 Å². The number of nitrogens with one attached hydrogen (secondary N) is 1. The predicted octanol–water partition coefficient (Wildman–Crippen LogP) is -0.939. The number of carboxylic acid groups (broad SMARTS) is 1. The van der Waals surface area contributed by atoms with Crippen molar-refractivity contribution in [3.05, 3.63) is 23.5 Å². The summed E-state index contributed by atoms with van der Waals surface area (Å²) in [7, 11) is 1.60. The number of aryl methyl sites for hydroxylation is 1. The van der Waals surface area contributed by atoms with Crippen molar-refractivity contribution in [1.82, 2.24) is 35.1 Å². The quantitative estimate of drug-likeness (QED) is 0.722. The Hall–Kier alpha value is -2.78. The standard InChI is InChI=1S/C10H13N7O3/c1-6-11-8(14-12-6)4-16(2)9(18)5-17-3-7(10(19)20)13-15-17/h3H,4-5H2,1-2H3,(H,19,20)(H,11,12,14). The number of H-pyrrole nitrogens is 1. The van der Waals surface area contributed by atoms with Gasteiger partial charge in [-0.25, -0.2) is 14.5 Å². The molecule has 0 aliphatic rings. The number of carbonyl (C=O) groups excluding carboxylic acids is 1. The van der Waals surface area contributed by atoms with E-state index in [0.717, 1.165) is 0 Å². The summed E-state index contributed by atoms with van der Waals surface area (Å²) in [6.45, 7) is 1.92. The number of rotatable bonds is 5. The van der Waals surface area contributed by atoms with E-state index in [-0.39, 0.29) is 24.7 Å². The van der Waals surface area contributed by atoms with Gasteiger partial charge in [-0.3, -0.25) is 9.89 Å². The third-order valence-electron chi connectivity index (χ3n) is 2.50. The molecular formula is C10H13N7O3. The predicted molar refractivity (Wildman–Crippen MR) is 64.6 cm³/mol. The average Bonchev–Trinajstić information content (AvgIpc) is 2.98. The van der Waals surface area contributed by atoms with Crippen LogP contribution in [0, 0.1) is 6.92 Å². The van der Waals surface area contributed by atoms with Crippen LogP contribution in [0.3, 0.4) is 0 Å². The molecule has 0 unspecified atom stereocenters. The molecule has 1 amide bonds. The largest absolute Gasteiger partial charge is 0.476 e. The highest BCUT2D eigenvalue weighted by Gasteiger charge is 2.15. The molecule has 0 aromatic carbocycles. The van der Waals surface area contributed by atoms with Crippen LogP contribution >= 0.6 is 0 Å². The Morgan fingerprint density at radius 3 is 2.80 bits per heavy atom. The Bertz CT molecular complexity index is 632. The van der Waals surface area contributed by atoms with E-state index in [0.29, 0.717) is 11.6 Å². The lowest BCUT2D eigenvalue weighted by molar-refractivity contribution is -0.131. The third-order valence-corrected chi connectivity index (χ3v) is 2.50. The summed E-state index contributed by atoms with van der Waals surface area (Å²) in [5, 5.41) is 22.3. The van der Waals surface area contributed by atoms with Crippen molar-refractivity contribution in [2.24, 2.45) is 0 Å². The van der Waals surface area contributed by atoms with E-state index in [9.17, 15) is 9.59 Å². The van der Waals surface area contributed by atoms with E-state index in [1.807, 2.05) is 0 Å². The van der Waals surface area contributed by atoms with Gasteiger partial charge in [0.15, 0.2) is 11.5 Å². The number of nitrogens with zero attached hydrogens (tertiary/aromatic N) is 6. The van der Waals surface area contributed by atoms with E-state index in [1.165, 1.54) is 15.8 Å². The van der Waals surface area contributed by atoms with Crippen molar-refractivity contribution in [1.29, 1.82) is 0 Å². The second-order valence-electron chi connectivity index (χ2n) is 4.19. The third kappa shape index (κ3) is 3.16. The minimum Gasteiger partial charge on any atom is -0.476 e. The summed E-state index contributed by atoms with van der Waals surface area (Å²) in [4.78, 5) is 28.1. The molecule has 10 nitrogen and oxygen atoms in total. The second kappa shape index (κ2) is 5.47. The van der Waals surface area contributed by atoms with Gasteiger partial charge < -0.3 is 10.0 Å². The molecule has 0 saturated carbocycles. The van der Waals surface area contributed by atoms with Crippen molar-refractivity contribution in [3.63, 3.8) is 0 Å². The first-order valence-corrected chi connectivity index (χ1v) is 5.71. The summed E-state index contributed by atoms with van der Waals surface area (Å²) >= 11 is 0. The molecule has 2 rings (SSSR count). The number of aromatic carboxylic acids is 1. The van der Waals surface area contributed by atoms with Gasteiger partial charge >= 0.3 is 5.97 Å². The fourth-order valence-electron chi connectivity index (χ4n) is 1.49. The number of amides is 1. The van der Waals surface area contributed by atoms with Gasteiger partial charge in [-0.1, -0.05) is 5.21 Å². The highest BCUT2D eigenvalue weighted by Crippen LogP contribution is 1.99. The van der Waals surface area contributed by atoms with Crippen LogP contribution in [-0.2, 0) is 17.9 Å². The SMILES string of the molecule is Cc1nc(CN(C)C(=O)Cn2cc(C(=O)O)nn2)n[nH]1. The number of hydrogen-bond acceptors (Lipinski definition) is 6. The maximum absolute atomic E-state index is 11.9.